The second-order valence-corrected chi connectivity index (χ2v) is 6.91. The minimum absolute atomic E-state index is 0.0233. The summed E-state index contributed by atoms with van der Waals surface area (Å²) in [7, 11) is 0. The summed E-state index contributed by atoms with van der Waals surface area (Å²) >= 11 is 0. The average Bonchev–Trinajstić information content (AvgIpc) is 3.18. The van der Waals surface area contributed by atoms with Crippen LogP contribution in [0.1, 0.15) is 33.6 Å². The molecule has 0 atom stereocenters. The molecule has 2 aliphatic heterocycles. The zero-order valence-corrected chi connectivity index (χ0v) is 14.8. The van der Waals surface area contributed by atoms with E-state index in [1.807, 2.05) is 0 Å². The van der Waals surface area contributed by atoms with Crippen molar-refractivity contribution in [1.82, 2.24) is 9.80 Å². The van der Waals surface area contributed by atoms with Crippen LogP contribution < -0.4 is 0 Å². The number of carbonyl (C=O) groups is 2. The second-order valence-electron chi connectivity index (χ2n) is 6.91. The molecule has 28 heavy (non-hydrogen) atoms. The summed E-state index contributed by atoms with van der Waals surface area (Å²) in [6, 6.07) is 4.57. The zero-order chi connectivity index (χ0) is 20.0. The molecule has 2 aromatic carbocycles. The quantitative estimate of drug-likeness (QED) is 0.440. The Morgan fingerprint density at radius 2 is 1.32 bits per heavy atom. The van der Waals surface area contributed by atoms with E-state index in [0.29, 0.717) is 6.54 Å². The van der Waals surface area contributed by atoms with Gasteiger partial charge in [0.25, 0.3) is 23.2 Å². The SMILES string of the molecule is O=C1c2cc([N+](=O)[O-])cc3cc([N+](=O)[O-])cc(c23)C(=O)N1CCN1CCCC1. The lowest BCUT2D eigenvalue weighted by Gasteiger charge is -2.28. The van der Waals surface area contributed by atoms with Gasteiger partial charge in [-0.2, -0.15) is 0 Å². The molecule has 2 aliphatic rings. The number of non-ortho nitro benzene ring substituents is 2. The smallest absolute Gasteiger partial charge is 0.270 e. The van der Waals surface area contributed by atoms with Crippen LogP contribution >= 0.6 is 0 Å². The Morgan fingerprint density at radius 3 is 1.79 bits per heavy atom. The van der Waals surface area contributed by atoms with E-state index in [1.54, 1.807) is 0 Å². The average molecular weight is 384 g/mol. The molecule has 0 N–H and O–H groups in total. The van der Waals surface area contributed by atoms with Gasteiger partial charge in [-0.25, -0.2) is 0 Å². The van der Waals surface area contributed by atoms with Crippen molar-refractivity contribution in [1.29, 1.82) is 0 Å². The molecule has 144 valence electrons. The monoisotopic (exact) mass is 384 g/mol. The van der Waals surface area contributed by atoms with Gasteiger partial charge in [-0.3, -0.25) is 34.7 Å². The van der Waals surface area contributed by atoms with Crippen molar-refractivity contribution in [3.05, 3.63) is 55.6 Å². The van der Waals surface area contributed by atoms with Crippen molar-refractivity contribution in [3.63, 3.8) is 0 Å². The van der Waals surface area contributed by atoms with Crippen LogP contribution in [0, 0.1) is 20.2 Å². The van der Waals surface area contributed by atoms with E-state index < -0.39 is 21.7 Å². The van der Waals surface area contributed by atoms with Gasteiger partial charge in [0.1, 0.15) is 0 Å². The Bertz CT molecular complexity index is 975. The van der Waals surface area contributed by atoms with Crippen LogP contribution in [0.3, 0.4) is 0 Å². The van der Waals surface area contributed by atoms with Crippen molar-refractivity contribution in [2.24, 2.45) is 0 Å². The van der Waals surface area contributed by atoms with Crippen molar-refractivity contribution < 1.29 is 19.4 Å². The predicted octanol–water partition coefficient (Wildman–Crippen LogP) is 2.35. The maximum atomic E-state index is 12.9. The molecule has 0 unspecified atom stereocenters. The second kappa shape index (κ2) is 6.64. The first kappa shape index (κ1) is 18.0. The fourth-order valence-electron chi connectivity index (χ4n) is 3.87. The zero-order valence-electron chi connectivity index (χ0n) is 14.8. The summed E-state index contributed by atoms with van der Waals surface area (Å²) in [4.78, 5) is 50.2. The lowest BCUT2D eigenvalue weighted by atomic mass is 9.92. The lowest BCUT2D eigenvalue weighted by Crippen LogP contribution is -2.44. The van der Waals surface area contributed by atoms with Gasteiger partial charge in [-0.05, 0) is 31.3 Å². The van der Waals surface area contributed by atoms with Gasteiger partial charge in [0.2, 0.25) is 0 Å². The number of carbonyl (C=O) groups excluding carboxylic acids is 2. The normalized spacial score (nSPS) is 16.8. The molecule has 1 fully saturated rings. The van der Waals surface area contributed by atoms with E-state index in [2.05, 4.69) is 4.90 Å². The molecule has 2 amide bonds. The molecule has 4 rings (SSSR count). The Morgan fingerprint density at radius 1 is 0.821 bits per heavy atom. The first-order chi connectivity index (χ1) is 13.4. The number of nitro groups is 2. The molecule has 10 heteroatoms. The number of hydrogen-bond donors (Lipinski definition) is 0. The largest absolute Gasteiger partial charge is 0.302 e. The molecular weight excluding hydrogens is 368 g/mol. The maximum Gasteiger partial charge on any atom is 0.270 e. The number of likely N-dealkylation sites (tertiary alicyclic amines) is 1. The highest BCUT2D eigenvalue weighted by atomic mass is 16.6. The lowest BCUT2D eigenvalue weighted by molar-refractivity contribution is -0.385. The molecule has 0 bridgehead atoms. The van der Waals surface area contributed by atoms with Crippen molar-refractivity contribution >= 4 is 34.0 Å². The number of nitrogens with zero attached hydrogens (tertiary/aromatic N) is 4. The van der Waals surface area contributed by atoms with Gasteiger partial charge in [0.05, 0.1) is 21.0 Å². The van der Waals surface area contributed by atoms with Crippen LogP contribution in [-0.2, 0) is 0 Å². The van der Waals surface area contributed by atoms with Crippen LogP contribution in [0.15, 0.2) is 24.3 Å². The Hall–Kier alpha value is -3.40. The highest BCUT2D eigenvalue weighted by Gasteiger charge is 2.36. The third-order valence-electron chi connectivity index (χ3n) is 5.23. The molecule has 0 spiro atoms. The molecule has 0 radical (unpaired) electrons. The number of rotatable bonds is 5. The van der Waals surface area contributed by atoms with Crippen LogP contribution in [0.5, 0.6) is 0 Å². The minimum atomic E-state index is -0.660. The molecule has 0 aliphatic carbocycles. The van der Waals surface area contributed by atoms with E-state index in [0.717, 1.165) is 55.1 Å². The highest BCUT2D eigenvalue weighted by Crippen LogP contribution is 2.36. The molecule has 2 aromatic rings. The predicted molar refractivity (Wildman–Crippen MR) is 98.3 cm³/mol. The van der Waals surface area contributed by atoms with Gasteiger partial charge in [0.15, 0.2) is 0 Å². The molecule has 1 saturated heterocycles. The fraction of sp³-hybridized carbons (Fsp3) is 0.333. The van der Waals surface area contributed by atoms with Crippen LogP contribution in [-0.4, -0.2) is 57.6 Å². The van der Waals surface area contributed by atoms with Gasteiger partial charge in [-0.15, -0.1) is 0 Å². The Labute approximate surface area is 158 Å². The third-order valence-corrected chi connectivity index (χ3v) is 5.23. The number of nitro benzene ring substituents is 2. The summed E-state index contributed by atoms with van der Waals surface area (Å²) < 4.78 is 0. The van der Waals surface area contributed by atoms with E-state index in [9.17, 15) is 29.8 Å². The summed E-state index contributed by atoms with van der Waals surface area (Å²) in [5.74, 6) is -1.22. The maximum absolute atomic E-state index is 12.9. The summed E-state index contributed by atoms with van der Waals surface area (Å²) in [5.41, 5.74) is -0.655. The van der Waals surface area contributed by atoms with Gasteiger partial charge >= 0.3 is 0 Å². The molecule has 0 aromatic heterocycles. The molecular formula is C18H16N4O6. The van der Waals surface area contributed by atoms with Gasteiger partial charge in [0, 0.05) is 42.7 Å². The van der Waals surface area contributed by atoms with E-state index in [1.165, 1.54) is 0 Å². The number of benzene rings is 2. The van der Waals surface area contributed by atoms with E-state index in [-0.39, 0.29) is 39.8 Å². The van der Waals surface area contributed by atoms with Crippen molar-refractivity contribution in [2.45, 2.75) is 12.8 Å². The van der Waals surface area contributed by atoms with Crippen LogP contribution in [0.25, 0.3) is 10.8 Å². The van der Waals surface area contributed by atoms with E-state index in [4.69, 9.17) is 0 Å². The number of hydrogen-bond acceptors (Lipinski definition) is 7. The van der Waals surface area contributed by atoms with Crippen LogP contribution in [0.2, 0.25) is 0 Å². The Kier molecular flexibility index (Phi) is 4.27. The summed E-state index contributed by atoms with van der Waals surface area (Å²) in [5, 5.41) is 22.9. The molecule has 2 heterocycles. The van der Waals surface area contributed by atoms with Crippen molar-refractivity contribution in [2.75, 3.05) is 26.2 Å². The van der Waals surface area contributed by atoms with Gasteiger partial charge < -0.3 is 4.90 Å². The topological polar surface area (TPSA) is 127 Å². The van der Waals surface area contributed by atoms with Crippen molar-refractivity contribution in [3.8, 4) is 0 Å². The van der Waals surface area contributed by atoms with Crippen LogP contribution in [0.4, 0.5) is 11.4 Å². The number of amides is 2. The highest BCUT2D eigenvalue weighted by molar-refractivity contribution is 6.26. The number of imide groups is 1. The molecule has 0 saturated carbocycles. The first-order valence-electron chi connectivity index (χ1n) is 8.86. The molecule has 10 nitrogen and oxygen atoms in total. The van der Waals surface area contributed by atoms with Gasteiger partial charge in [-0.1, -0.05) is 0 Å². The Balaban J connectivity index is 1.83. The standard InChI is InChI=1S/C18H16N4O6/c23-17-14-9-12(21(25)26)7-11-8-13(22(27)28)10-15(16(11)14)18(24)20(17)6-5-19-3-1-2-4-19/h7-10H,1-6H2. The third kappa shape index (κ3) is 2.87. The summed E-state index contributed by atoms with van der Waals surface area (Å²) in [6.45, 7) is 2.41. The minimum Gasteiger partial charge on any atom is -0.302 e. The fourth-order valence-corrected chi connectivity index (χ4v) is 3.87. The van der Waals surface area contributed by atoms with E-state index >= 15 is 0 Å². The first-order valence-corrected chi connectivity index (χ1v) is 8.86. The summed E-state index contributed by atoms with van der Waals surface area (Å²) in [6.07, 6.45) is 2.12.